The maximum Gasteiger partial charge on any atom is 1.00 e. The Balaban J connectivity index is -0.000000163. The van der Waals surface area contributed by atoms with E-state index in [1.54, 1.807) is 0 Å². The van der Waals surface area contributed by atoms with Gasteiger partial charge in [-0.25, -0.2) is 0 Å². The van der Waals surface area contributed by atoms with Crippen molar-refractivity contribution in [2.75, 3.05) is 0 Å². The molecule has 88 valence electrons. The van der Waals surface area contributed by atoms with Gasteiger partial charge in [0.25, 0.3) is 0 Å². The topological polar surface area (TPSA) is 77.5 Å². The van der Waals surface area contributed by atoms with Gasteiger partial charge in [-0.1, -0.05) is 0 Å². The minimum absolute atomic E-state index is 0. The normalized spacial score (nSPS) is 8.35. The fourth-order valence-electron chi connectivity index (χ4n) is 0.785. The van der Waals surface area contributed by atoms with Gasteiger partial charge in [0, 0.05) is 12.8 Å². The second-order valence-electron chi connectivity index (χ2n) is 3.25. The van der Waals surface area contributed by atoms with E-state index >= 15 is 0 Å². The van der Waals surface area contributed by atoms with E-state index in [1.165, 1.54) is 13.8 Å². The first kappa shape index (κ1) is 22.6. The van der Waals surface area contributed by atoms with Crippen LogP contribution in [0.4, 0.5) is 0 Å². The standard InChI is InChI=1S/C10H14O5.2Na.2H/c1-7(11)3-5-9(13)15-10(14)6-4-8(2)12;;;;/h3-6H2,1-2H3;;;;/q;2*+1;2*-1. The molecule has 0 aliphatic heterocycles. The van der Waals surface area contributed by atoms with Crippen LogP contribution in [0.2, 0.25) is 0 Å². The van der Waals surface area contributed by atoms with E-state index in [4.69, 9.17) is 0 Å². The van der Waals surface area contributed by atoms with Crippen molar-refractivity contribution in [1.29, 1.82) is 0 Å². The number of esters is 2. The zero-order chi connectivity index (χ0) is 11.8. The van der Waals surface area contributed by atoms with E-state index in [-0.39, 0.29) is 99.2 Å². The molecule has 0 unspecified atom stereocenters. The molecule has 7 heteroatoms. The second kappa shape index (κ2) is 12.9. The minimum Gasteiger partial charge on any atom is -1.00 e. The number of hydrogen-bond acceptors (Lipinski definition) is 5. The summed E-state index contributed by atoms with van der Waals surface area (Å²) in [5.41, 5.74) is 0. The fourth-order valence-corrected chi connectivity index (χ4v) is 0.785. The molecule has 0 atom stereocenters. The summed E-state index contributed by atoms with van der Waals surface area (Å²) < 4.78 is 4.37. The van der Waals surface area contributed by atoms with E-state index in [0.29, 0.717) is 0 Å². The summed E-state index contributed by atoms with van der Waals surface area (Å²) in [6, 6.07) is 0. The van der Waals surface area contributed by atoms with Gasteiger partial charge in [0.15, 0.2) is 0 Å². The Bertz CT molecular complexity index is 270. The summed E-state index contributed by atoms with van der Waals surface area (Å²) in [5, 5.41) is 0. The molecule has 0 saturated carbocycles. The summed E-state index contributed by atoms with van der Waals surface area (Å²) in [6.45, 7) is 2.70. The van der Waals surface area contributed by atoms with E-state index in [0.717, 1.165) is 0 Å². The molecule has 17 heavy (non-hydrogen) atoms. The van der Waals surface area contributed by atoms with Crippen molar-refractivity contribution >= 4 is 23.5 Å². The molecular formula is C10H16Na2O5. The molecule has 0 aromatic rings. The zero-order valence-electron chi connectivity index (χ0n) is 12.9. The van der Waals surface area contributed by atoms with Crippen molar-refractivity contribution in [2.24, 2.45) is 0 Å². The van der Waals surface area contributed by atoms with Gasteiger partial charge in [0.2, 0.25) is 0 Å². The van der Waals surface area contributed by atoms with Crippen LogP contribution in [0.3, 0.4) is 0 Å². The van der Waals surface area contributed by atoms with Crippen LogP contribution in [0, 0.1) is 0 Å². The van der Waals surface area contributed by atoms with Gasteiger partial charge in [0.05, 0.1) is 12.8 Å². The first-order valence-electron chi connectivity index (χ1n) is 4.64. The molecular weight excluding hydrogens is 246 g/mol. The largest absolute Gasteiger partial charge is 1.00 e. The van der Waals surface area contributed by atoms with Crippen molar-refractivity contribution in [3.05, 3.63) is 0 Å². The molecule has 0 saturated heterocycles. The first-order valence-corrected chi connectivity index (χ1v) is 4.64. The number of ketones is 2. The zero-order valence-corrected chi connectivity index (χ0v) is 14.9. The van der Waals surface area contributed by atoms with Crippen molar-refractivity contribution in [3.63, 3.8) is 0 Å². The average molecular weight is 262 g/mol. The molecule has 0 rings (SSSR count). The Kier molecular flexibility index (Phi) is 17.2. The summed E-state index contributed by atoms with van der Waals surface area (Å²) in [6.07, 6.45) is -0.0556. The Labute approximate surface area is 148 Å². The maximum atomic E-state index is 10.9. The number of carbonyl (C=O) groups is 4. The van der Waals surface area contributed by atoms with Crippen molar-refractivity contribution in [1.82, 2.24) is 0 Å². The molecule has 0 amide bonds. The number of hydrogen-bond donors (Lipinski definition) is 0. The van der Waals surface area contributed by atoms with Crippen LogP contribution in [-0.2, 0) is 23.9 Å². The van der Waals surface area contributed by atoms with Crippen molar-refractivity contribution < 1.29 is 85.9 Å². The Morgan fingerprint density at radius 3 is 1.29 bits per heavy atom. The summed E-state index contributed by atoms with van der Waals surface area (Å²) in [5.74, 6) is -1.72. The minimum atomic E-state index is -0.723. The third-order valence-electron chi connectivity index (χ3n) is 1.59. The third kappa shape index (κ3) is 16.5. The fraction of sp³-hybridized carbons (Fsp3) is 0.600. The average Bonchev–Trinajstić information content (AvgIpc) is 2.11. The van der Waals surface area contributed by atoms with Gasteiger partial charge in [-0.3, -0.25) is 9.59 Å². The van der Waals surface area contributed by atoms with Crippen LogP contribution in [0.5, 0.6) is 0 Å². The second-order valence-corrected chi connectivity index (χ2v) is 3.25. The Hall–Kier alpha value is 0.480. The van der Waals surface area contributed by atoms with E-state index in [2.05, 4.69) is 4.74 Å². The maximum absolute atomic E-state index is 10.9. The molecule has 0 aliphatic carbocycles. The monoisotopic (exact) mass is 262 g/mol. The molecule has 0 aliphatic rings. The molecule has 0 radical (unpaired) electrons. The number of rotatable bonds is 6. The predicted octanol–water partition coefficient (Wildman–Crippen LogP) is -4.97. The van der Waals surface area contributed by atoms with Crippen molar-refractivity contribution in [2.45, 2.75) is 39.5 Å². The van der Waals surface area contributed by atoms with Gasteiger partial charge in [-0.2, -0.15) is 0 Å². The quantitative estimate of drug-likeness (QED) is 0.272. The van der Waals surface area contributed by atoms with Crippen LogP contribution < -0.4 is 59.1 Å². The van der Waals surface area contributed by atoms with Gasteiger partial charge in [-0.15, -0.1) is 0 Å². The molecule has 0 aromatic heterocycles. The Morgan fingerprint density at radius 1 is 0.765 bits per heavy atom. The van der Waals surface area contributed by atoms with Gasteiger partial charge >= 0.3 is 71.1 Å². The summed E-state index contributed by atoms with van der Waals surface area (Å²) in [7, 11) is 0. The molecule has 0 aromatic carbocycles. The SMILES string of the molecule is CC(=O)CCC(=O)OC(=O)CCC(C)=O.[H-].[H-].[Na+].[Na+]. The predicted molar refractivity (Wildman–Crippen MR) is 53.2 cm³/mol. The first-order chi connectivity index (χ1) is 6.91. The van der Waals surface area contributed by atoms with Crippen molar-refractivity contribution in [3.8, 4) is 0 Å². The molecule has 5 nitrogen and oxygen atoms in total. The number of Topliss-reactive ketones (excluding diaryl/α,β-unsaturated/α-hetero) is 2. The van der Waals surface area contributed by atoms with Gasteiger partial charge in [0.1, 0.15) is 11.6 Å². The van der Waals surface area contributed by atoms with E-state index < -0.39 is 11.9 Å². The van der Waals surface area contributed by atoms with Crippen LogP contribution in [-0.4, -0.2) is 23.5 Å². The Morgan fingerprint density at radius 2 is 1.06 bits per heavy atom. The molecule has 0 heterocycles. The molecule has 0 fully saturated rings. The third-order valence-corrected chi connectivity index (χ3v) is 1.59. The number of ether oxygens (including phenoxy) is 1. The van der Waals surface area contributed by atoms with Crippen LogP contribution in [0.1, 0.15) is 42.4 Å². The molecule has 0 bridgehead atoms. The van der Waals surface area contributed by atoms with Crippen LogP contribution >= 0.6 is 0 Å². The summed E-state index contributed by atoms with van der Waals surface area (Å²) in [4.78, 5) is 42.9. The van der Waals surface area contributed by atoms with Crippen LogP contribution in [0.15, 0.2) is 0 Å². The number of carbonyl (C=O) groups excluding carboxylic acids is 4. The van der Waals surface area contributed by atoms with Crippen LogP contribution in [0.25, 0.3) is 0 Å². The molecule has 0 N–H and O–H groups in total. The smallest absolute Gasteiger partial charge is 1.00 e. The van der Waals surface area contributed by atoms with Gasteiger partial charge in [-0.05, 0) is 13.8 Å². The molecule has 0 spiro atoms. The summed E-state index contributed by atoms with van der Waals surface area (Å²) >= 11 is 0. The van der Waals surface area contributed by atoms with E-state index in [1.807, 2.05) is 0 Å². The van der Waals surface area contributed by atoms with E-state index in [9.17, 15) is 19.2 Å². The van der Waals surface area contributed by atoms with Gasteiger partial charge < -0.3 is 17.2 Å².